The Morgan fingerprint density at radius 1 is 1.19 bits per heavy atom. The maximum atomic E-state index is 13.0. The number of carbonyl (C=O) groups excluding carboxylic acids is 1. The lowest BCUT2D eigenvalue weighted by Gasteiger charge is -2.10. The second-order valence-corrected chi connectivity index (χ2v) is 6.63. The average Bonchev–Trinajstić information content (AvgIpc) is 2.95. The van der Waals surface area contributed by atoms with E-state index in [1.54, 1.807) is 18.2 Å². The number of nitrogens with zero attached hydrogens (tertiary/aromatic N) is 1. The molecule has 1 saturated heterocycles. The van der Waals surface area contributed by atoms with Gasteiger partial charge in [-0.25, -0.2) is 9.38 Å². The lowest BCUT2D eigenvalue weighted by atomic mass is 10.2. The van der Waals surface area contributed by atoms with Crippen LogP contribution in [0.5, 0.6) is 11.5 Å². The fourth-order valence-electron chi connectivity index (χ4n) is 2.29. The number of hydrogen-bond acceptors (Lipinski definition) is 5. The van der Waals surface area contributed by atoms with Crippen LogP contribution in [0.1, 0.15) is 5.56 Å². The summed E-state index contributed by atoms with van der Waals surface area (Å²) >= 11 is 7.37. The van der Waals surface area contributed by atoms with Crippen LogP contribution in [0.3, 0.4) is 0 Å². The van der Waals surface area contributed by atoms with E-state index < -0.39 is 0 Å². The fourth-order valence-corrected chi connectivity index (χ4v) is 3.42. The minimum atomic E-state index is -0.344. The summed E-state index contributed by atoms with van der Waals surface area (Å²) in [4.78, 5) is 16.9. The molecule has 8 heteroatoms. The molecular weight excluding hydrogens is 379 g/mol. The van der Waals surface area contributed by atoms with Gasteiger partial charge < -0.3 is 14.8 Å². The number of rotatable bonds is 4. The van der Waals surface area contributed by atoms with E-state index in [4.69, 9.17) is 21.1 Å². The molecule has 1 fully saturated rings. The van der Waals surface area contributed by atoms with Crippen LogP contribution >= 0.6 is 23.4 Å². The smallest absolute Gasteiger partial charge is 0.264 e. The Morgan fingerprint density at radius 3 is 2.58 bits per heavy atom. The molecule has 1 amide bonds. The molecule has 1 aliphatic rings. The second-order valence-electron chi connectivity index (χ2n) is 5.20. The van der Waals surface area contributed by atoms with Gasteiger partial charge in [-0.1, -0.05) is 11.6 Å². The quantitative estimate of drug-likeness (QED) is 0.784. The van der Waals surface area contributed by atoms with Gasteiger partial charge in [0, 0.05) is 0 Å². The molecule has 2 aromatic rings. The van der Waals surface area contributed by atoms with E-state index in [1.807, 2.05) is 0 Å². The summed E-state index contributed by atoms with van der Waals surface area (Å²) < 4.78 is 23.4. The van der Waals surface area contributed by atoms with Crippen molar-refractivity contribution in [2.75, 3.05) is 14.2 Å². The van der Waals surface area contributed by atoms with Gasteiger partial charge in [0.1, 0.15) is 5.82 Å². The fraction of sp³-hybridized carbons (Fsp3) is 0.111. The van der Waals surface area contributed by atoms with Gasteiger partial charge >= 0.3 is 0 Å². The number of amides is 1. The van der Waals surface area contributed by atoms with Crippen LogP contribution in [0.4, 0.5) is 10.1 Å². The molecular formula is C18H14ClFN2O3S. The van der Waals surface area contributed by atoms with Crippen molar-refractivity contribution in [1.29, 1.82) is 0 Å². The highest BCUT2D eigenvalue weighted by molar-refractivity contribution is 8.18. The molecule has 0 atom stereocenters. The van der Waals surface area contributed by atoms with Gasteiger partial charge in [-0.2, -0.15) is 0 Å². The number of carbonyl (C=O) groups is 1. The Morgan fingerprint density at radius 2 is 1.92 bits per heavy atom. The Kier molecular flexibility index (Phi) is 5.49. The first-order chi connectivity index (χ1) is 12.5. The number of hydrogen-bond donors (Lipinski definition) is 1. The lowest BCUT2D eigenvalue weighted by Crippen LogP contribution is -2.19. The highest BCUT2D eigenvalue weighted by atomic mass is 35.5. The predicted octanol–water partition coefficient (Wildman–Crippen LogP) is 4.39. The van der Waals surface area contributed by atoms with Crippen LogP contribution < -0.4 is 14.8 Å². The molecule has 0 radical (unpaired) electrons. The third-order valence-corrected chi connectivity index (χ3v) is 4.65. The van der Waals surface area contributed by atoms with E-state index in [-0.39, 0.29) is 11.7 Å². The van der Waals surface area contributed by atoms with Crippen LogP contribution in [0.25, 0.3) is 6.08 Å². The van der Waals surface area contributed by atoms with Crippen molar-refractivity contribution in [1.82, 2.24) is 5.32 Å². The Labute approximate surface area is 158 Å². The second kappa shape index (κ2) is 7.80. The van der Waals surface area contributed by atoms with Crippen molar-refractivity contribution >= 4 is 46.2 Å². The summed E-state index contributed by atoms with van der Waals surface area (Å²) in [5.74, 6) is 0.276. The standard InChI is InChI=1S/C18H14ClFN2O3S/c1-24-14-8-10(7-13(19)16(14)25-2)9-15-17(23)22-18(26-15)21-12-5-3-11(20)4-6-12/h3-9H,1-2H3,(H,21,22,23). The number of aliphatic imine (C=N–C) groups is 1. The summed E-state index contributed by atoms with van der Waals surface area (Å²) in [6.45, 7) is 0. The average molecular weight is 393 g/mol. The summed E-state index contributed by atoms with van der Waals surface area (Å²) in [6, 6.07) is 9.09. The predicted molar refractivity (Wildman–Crippen MR) is 102 cm³/mol. The summed E-state index contributed by atoms with van der Waals surface area (Å²) in [5.41, 5.74) is 1.23. The molecule has 3 rings (SSSR count). The van der Waals surface area contributed by atoms with E-state index in [0.29, 0.717) is 37.8 Å². The van der Waals surface area contributed by atoms with Gasteiger partial charge in [0.05, 0.1) is 29.8 Å². The molecule has 5 nitrogen and oxygen atoms in total. The minimum absolute atomic E-state index is 0.276. The van der Waals surface area contributed by atoms with E-state index in [0.717, 1.165) is 0 Å². The Bertz CT molecular complexity index is 913. The number of nitrogens with one attached hydrogen (secondary N) is 1. The molecule has 0 aliphatic carbocycles. The number of halogens is 2. The van der Waals surface area contributed by atoms with Crippen molar-refractivity contribution in [3.63, 3.8) is 0 Å². The summed E-state index contributed by atoms with van der Waals surface area (Å²) in [7, 11) is 3.01. The first-order valence-electron chi connectivity index (χ1n) is 7.47. The zero-order valence-electron chi connectivity index (χ0n) is 13.9. The topological polar surface area (TPSA) is 59.9 Å². The normalized spacial score (nSPS) is 16.8. The van der Waals surface area contributed by atoms with Crippen LogP contribution in [-0.4, -0.2) is 25.3 Å². The van der Waals surface area contributed by atoms with E-state index in [9.17, 15) is 9.18 Å². The zero-order chi connectivity index (χ0) is 18.7. The highest BCUT2D eigenvalue weighted by Crippen LogP contribution is 2.37. The van der Waals surface area contributed by atoms with Crippen molar-refractivity contribution in [3.8, 4) is 11.5 Å². The van der Waals surface area contributed by atoms with Gasteiger partial charge in [-0.15, -0.1) is 0 Å². The molecule has 26 heavy (non-hydrogen) atoms. The number of benzene rings is 2. The Hall–Kier alpha value is -2.51. The molecule has 0 spiro atoms. The number of methoxy groups -OCH3 is 2. The molecule has 0 saturated carbocycles. The lowest BCUT2D eigenvalue weighted by molar-refractivity contribution is -0.115. The van der Waals surface area contributed by atoms with Crippen molar-refractivity contribution in [3.05, 3.63) is 57.7 Å². The largest absolute Gasteiger partial charge is 0.493 e. The number of thioether (sulfide) groups is 1. The number of ether oxygens (including phenoxy) is 2. The minimum Gasteiger partial charge on any atom is -0.493 e. The van der Waals surface area contributed by atoms with E-state index in [2.05, 4.69) is 10.3 Å². The van der Waals surface area contributed by atoms with Gasteiger partial charge in [0.2, 0.25) is 0 Å². The third-order valence-electron chi connectivity index (χ3n) is 3.46. The van der Waals surface area contributed by atoms with E-state index in [1.165, 1.54) is 50.2 Å². The van der Waals surface area contributed by atoms with Crippen molar-refractivity contribution in [2.24, 2.45) is 4.99 Å². The highest BCUT2D eigenvalue weighted by Gasteiger charge is 2.24. The molecule has 1 N–H and O–H groups in total. The first kappa shape index (κ1) is 18.3. The monoisotopic (exact) mass is 392 g/mol. The molecule has 134 valence electrons. The molecule has 0 unspecified atom stereocenters. The van der Waals surface area contributed by atoms with Gasteiger partial charge in [-0.05, 0) is 59.8 Å². The van der Waals surface area contributed by atoms with Crippen molar-refractivity contribution < 1.29 is 18.7 Å². The maximum Gasteiger partial charge on any atom is 0.264 e. The first-order valence-corrected chi connectivity index (χ1v) is 8.66. The maximum absolute atomic E-state index is 13.0. The van der Waals surface area contributed by atoms with Crippen LogP contribution in [0.2, 0.25) is 5.02 Å². The van der Waals surface area contributed by atoms with Gasteiger partial charge in [0.25, 0.3) is 5.91 Å². The SMILES string of the molecule is COc1cc(C=C2SC(=Nc3ccc(F)cc3)NC2=O)cc(Cl)c1OC. The van der Waals surface area contributed by atoms with Crippen molar-refractivity contribution in [2.45, 2.75) is 0 Å². The molecule has 0 bridgehead atoms. The zero-order valence-corrected chi connectivity index (χ0v) is 15.5. The third kappa shape index (κ3) is 4.00. The van der Waals surface area contributed by atoms with Gasteiger partial charge in [-0.3, -0.25) is 4.79 Å². The van der Waals surface area contributed by atoms with Crippen LogP contribution in [0.15, 0.2) is 46.3 Å². The van der Waals surface area contributed by atoms with E-state index >= 15 is 0 Å². The van der Waals surface area contributed by atoms with Crippen LogP contribution in [0, 0.1) is 5.82 Å². The summed E-state index contributed by atoms with van der Waals surface area (Å²) in [6.07, 6.45) is 1.68. The Balaban J connectivity index is 1.87. The van der Waals surface area contributed by atoms with Crippen LogP contribution in [-0.2, 0) is 4.79 Å². The van der Waals surface area contributed by atoms with Gasteiger partial charge in [0.15, 0.2) is 16.7 Å². The molecule has 1 heterocycles. The summed E-state index contributed by atoms with van der Waals surface area (Å²) in [5, 5.41) is 3.47. The molecule has 2 aromatic carbocycles. The number of amidine groups is 1. The molecule has 0 aromatic heterocycles. The molecule has 1 aliphatic heterocycles.